The molecule has 220 valence electrons. The van der Waals surface area contributed by atoms with Crippen LogP contribution in [0.4, 0.5) is 28.9 Å². The Labute approximate surface area is 231 Å². The molecule has 0 spiro atoms. The Kier molecular flexibility index (Phi) is 9.08. The minimum absolute atomic E-state index is 0.230. The average Bonchev–Trinajstić information content (AvgIpc) is 3.51. The average molecular weight is 580 g/mol. The van der Waals surface area contributed by atoms with Crippen molar-refractivity contribution in [2.75, 3.05) is 50.1 Å². The number of aryl methyl sites for hydroxylation is 2. The number of nitrogens with one attached hydrogen (secondary N) is 2. The number of pyridine rings is 1. The number of hydrogen-bond acceptors (Lipinski definition) is 7. The minimum Gasteiger partial charge on any atom is -0.475 e. The summed E-state index contributed by atoms with van der Waals surface area (Å²) in [5, 5.41) is 19.0. The highest BCUT2D eigenvalue weighted by Crippen LogP contribution is 2.30. The number of amides is 1. The van der Waals surface area contributed by atoms with Crippen LogP contribution in [0, 0.1) is 12.7 Å². The van der Waals surface area contributed by atoms with Crippen LogP contribution in [0.5, 0.6) is 0 Å². The first kappa shape index (κ1) is 29.7. The number of aromatic nitrogens is 4. The molecular formula is C26H29F4N7O4. The van der Waals surface area contributed by atoms with E-state index in [-0.39, 0.29) is 11.6 Å². The Balaban J connectivity index is 0.000000493. The smallest absolute Gasteiger partial charge is 0.475 e. The number of halogens is 4. The van der Waals surface area contributed by atoms with Gasteiger partial charge in [0, 0.05) is 82.2 Å². The van der Waals surface area contributed by atoms with Crippen molar-refractivity contribution in [1.82, 2.24) is 24.5 Å². The summed E-state index contributed by atoms with van der Waals surface area (Å²) in [6.07, 6.45) is 1.11. The molecule has 1 saturated heterocycles. The molecule has 1 amide bonds. The molecule has 1 aliphatic rings. The summed E-state index contributed by atoms with van der Waals surface area (Å²) in [5.74, 6) is -3.59. The number of carboxylic acid groups (broad SMARTS) is 1. The molecule has 4 heterocycles. The van der Waals surface area contributed by atoms with Gasteiger partial charge < -0.3 is 29.8 Å². The topological polar surface area (TPSA) is 126 Å². The summed E-state index contributed by atoms with van der Waals surface area (Å²) >= 11 is 0. The lowest BCUT2D eigenvalue weighted by Gasteiger charge is -2.30. The normalized spacial score (nSPS) is 13.8. The third-order valence-corrected chi connectivity index (χ3v) is 6.27. The van der Waals surface area contributed by atoms with E-state index >= 15 is 0 Å². The number of methoxy groups -OCH3 is 1. The summed E-state index contributed by atoms with van der Waals surface area (Å²) in [6.45, 7) is 6.71. The summed E-state index contributed by atoms with van der Waals surface area (Å²) in [4.78, 5) is 28.7. The molecule has 3 aromatic heterocycles. The molecular weight excluding hydrogens is 550 g/mol. The fourth-order valence-corrected chi connectivity index (χ4v) is 4.44. The molecule has 15 heteroatoms. The second kappa shape index (κ2) is 12.5. The number of carbonyl (C=O) groups excluding carboxylic acids is 1. The van der Waals surface area contributed by atoms with E-state index in [4.69, 9.17) is 19.7 Å². The van der Waals surface area contributed by atoms with E-state index < -0.39 is 18.0 Å². The molecule has 3 N–H and O–H groups in total. The first-order valence-electron chi connectivity index (χ1n) is 12.7. The zero-order valence-electron chi connectivity index (χ0n) is 22.3. The molecule has 5 rings (SSSR count). The molecule has 1 aromatic carbocycles. The lowest BCUT2D eigenvalue weighted by Crippen LogP contribution is -2.43. The number of carboxylic acids is 1. The van der Waals surface area contributed by atoms with Gasteiger partial charge >= 0.3 is 12.1 Å². The van der Waals surface area contributed by atoms with Gasteiger partial charge in [0.15, 0.2) is 11.5 Å². The van der Waals surface area contributed by atoms with Crippen molar-refractivity contribution in [1.29, 1.82) is 0 Å². The molecule has 0 saturated carbocycles. The van der Waals surface area contributed by atoms with Gasteiger partial charge in [0.2, 0.25) is 0 Å². The largest absolute Gasteiger partial charge is 0.490 e. The van der Waals surface area contributed by atoms with Crippen molar-refractivity contribution < 1.29 is 37.0 Å². The van der Waals surface area contributed by atoms with Crippen molar-refractivity contribution in [2.24, 2.45) is 0 Å². The highest BCUT2D eigenvalue weighted by molar-refractivity contribution is 6.13. The van der Waals surface area contributed by atoms with Crippen LogP contribution in [0.2, 0.25) is 0 Å². The fourth-order valence-electron chi connectivity index (χ4n) is 4.44. The first-order valence-corrected chi connectivity index (χ1v) is 12.7. The van der Waals surface area contributed by atoms with Crippen LogP contribution < -0.4 is 15.5 Å². The number of ether oxygens (including phenoxy) is 1. The zero-order valence-corrected chi connectivity index (χ0v) is 22.3. The molecule has 0 unspecified atom stereocenters. The van der Waals surface area contributed by atoms with E-state index in [1.807, 2.05) is 16.9 Å². The van der Waals surface area contributed by atoms with Gasteiger partial charge in [-0.2, -0.15) is 18.3 Å². The Morgan fingerprint density at radius 2 is 1.88 bits per heavy atom. The van der Waals surface area contributed by atoms with E-state index in [0.29, 0.717) is 35.6 Å². The van der Waals surface area contributed by atoms with Gasteiger partial charge in [-0.05, 0) is 25.5 Å². The number of anilines is 2. The molecule has 4 aromatic rings. The summed E-state index contributed by atoms with van der Waals surface area (Å²) in [7, 11) is 1.68. The van der Waals surface area contributed by atoms with Gasteiger partial charge in [0.05, 0.1) is 16.9 Å². The van der Waals surface area contributed by atoms with Gasteiger partial charge in [0.25, 0.3) is 5.91 Å². The Bertz CT molecular complexity index is 1540. The number of hydrogen-bond donors (Lipinski definition) is 3. The standard InChI is InChI=1S/C24H28FN7O2.C2HF3O2/c1-16-13-31-14-17(12-20(25)23(31)27-16)28-24(33)18-4-5-21(30-9-6-26-7-10-30)19-15-32(29-22(18)19)8-3-11-34-2;3-2(4,5)1(6)7/h4-5,12-15,26H,3,6-11H2,1-2H3,(H,28,33);(H,6,7). The van der Waals surface area contributed by atoms with Crippen molar-refractivity contribution in [2.45, 2.75) is 26.1 Å². The van der Waals surface area contributed by atoms with Gasteiger partial charge in [-0.1, -0.05) is 0 Å². The second-order valence-corrected chi connectivity index (χ2v) is 9.32. The lowest BCUT2D eigenvalue weighted by molar-refractivity contribution is -0.192. The SMILES string of the molecule is COCCCn1cc2c(N3CCNCC3)ccc(C(=O)Nc3cc(F)c4nc(C)cn4c3)c2n1.O=C(O)C(F)(F)F. The lowest BCUT2D eigenvalue weighted by atomic mass is 10.1. The molecule has 0 atom stereocenters. The quantitative estimate of drug-likeness (QED) is 0.225. The monoisotopic (exact) mass is 579 g/mol. The van der Waals surface area contributed by atoms with Crippen molar-refractivity contribution in [3.8, 4) is 0 Å². The molecule has 0 bridgehead atoms. The fraction of sp³-hybridized carbons (Fsp3) is 0.385. The number of alkyl halides is 3. The van der Waals surface area contributed by atoms with Crippen LogP contribution >= 0.6 is 0 Å². The first-order chi connectivity index (χ1) is 19.5. The van der Waals surface area contributed by atoms with Gasteiger partial charge in [0.1, 0.15) is 5.52 Å². The molecule has 0 radical (unpaired) electrons. The summed E-state index contributed by atoms with van der Waals surface area (Å²) < 4.78 is 54.9. The van der Waals surface area contributed by atoms with Crippen LogP contribution in [0.3, 0.4) is 0 Å². The van der Waals surface area contributed by atoms with E-state index in [0.717, 1.165) is 43.7 Å². The van der Waals surface area contributed by atoms with Crippen LogP contribution in [-0.2, 0) is 16.1 Å². The van der Waals surface area contributed by atoms with E-state index in [2.05, 4.69) is 20.5 Å². The maximum absolute atomic E-state index is 14.5. The summed E-state index contributed by atoms with van der Waals surface area (Å²) in [6, 6.07) is 5.07. The number of rotatable bonds is 7. The molecule has 11 nitrogen and oxygen atoms in total. The van der Waals surface area contributed by atoms with Crippen LogP contribution in [0.1, 0.15) is 22.5 Å². The third-order valence-electron chi connectivity index (χ3n) is 6.27. The second-order valence-electron chi connectivity index (χ2n) is 9.32. The Hall–Kier alpha value is -4.24. The Morgan fingerprint density at radius 1 is 1.17 bits per heavy atom. The van der Waals surface area contributed by atoms with Crippen molar-refractivity contribution in [3.05, 3.63) is 53.9 Å². The van der Waals surface area contributed by atoms with Gasteiger partial charge in [-0.25, -0.2) is 14.2 Å². The highest BCUT2D eigenvalue weighted by atomic mass is 19.4. The molecule has 0 aliphatic carbocycles. The van der Waals surface area contributed by atoms with Crippen molar-refractivity contribution >= 4 is 39.8 Å². The predicted octanol–water partition coefficient (Wildman–Crippen LogP) is 3.46. The molecule has 1 aliphatic heterocycles. The predicted molar refractivity (Wildman–Crippen MR) is 143 cm³/mol. The Morgan fingerprint density at radius 3 is 2.54 bits per heavy atom. The number of imidazole rings is 1. The molecule has 1 fully saturated rings. The van der Waals surface area contributed by atoms with E-state index in [9.17, 15) is 22.4 Å². The van der Waals surface area contributed by atoms with Crippen molar-refractivity contribution in [3.63, 3.8) is 0 Å². The van der Waals surface area contributed by atoms with E-state index in [1.165, 1.54) is 6.07 Å². The highest BCUT2D eigenvalue weighted by Gasteiger charge is 2.38. The number of benzene rings is 1. The number of aliphatic carboxylic acids is 1. The maximum atomic E-state index is 14.5. The van der Waals surface area contributed by atoms with Crippen LogP contribution in [0.25, 0.3) is 16.6 Å². The summed E-state index contributed by atoms with van der Waals surface area (Å²) in [5.41, 5.74) is 3.42. The van der Waals surface area contributed by atoms with Gasteiger partial charge in [-0.15, -0.1) is 0 Å². The van der Waals surface area contributed by atoms with E-state index in [1.54, 1.807) is 36.9 Å². The number of nitrogens with zero attached hydrogens (tertiary/aromatic N) is 5. The van der Waals surface area contributed by atoms with Crippen LogP contribution in [0.15, 0.2) is 36.8 Å². The number of fused-ring (bicyclic) bond motifs is 2. The minimum atomic E-state index is -5.08. The maximum Gasteiger partial charge on any atom is 0.490 e. The third kappa shape index (κ3) is 7.10. The van der Waals surface area contributed by atoms with Gasteiger partial charge in [-0.3, -0.25) is 9.48 Å². The molecule has 41 heavy (non-hydrogen) atoms. The zero-order chi connectivity index (χ0) is 29.7. The van der Waals surface area contributed by atoms with Crippen LogP contribution in [-0.4, -0.2) is 82.2 Å². The number of piperazine rings is 1. The number of carbonyl (C=O) groups is 2.